The number of halogens is 6. The Morgan fingerprint density at radius 1 is 0.941 bits per heavy atom. The summed E-state index contributed by atoms with van der Waals surface area (Å²) < 4.78 is 64.5. The van der Waals surface area contributed by atoms with Gasteiger partial charge < -0.3 is 0 Å². The van der Waals surface area contributed by atoms with Crippen LogP contribution in [0.5, 0.6) is 0 Å². The molecule has 8 heteroatoms. The van der Waals surface area contributed by atoms with Crippen LogP contribution in [0, 0.1) is 13.8 Å². The number of rotatable bonds is 1. The van der Waals surface area contributed by atoms with E-state index in [1.54, 1.807) is 0 Å². The van der Waals surface area contributed by atoms with E-state index in [0.29, 0.717) is 0 Å². The summed E-state index contributed by atoms with van der Waals surface area (Å²) in [5, 5.41) is 0. The Morgan fingerprint density at radius 2 is 1.24 bits per heavy atom. The van der Waals surface area contributed by atoms with Crippen molar-refractivity contribution in [2.24, 2.45) is 0 Å². The van der Waals surface area contributed by atoms with E-state index >= 15 is 0 Å². The molecule has 0 aliphatic rings. The van der Waals surface area contributed by atoms with E-state index in [-0.39, 0.29) is 0 Å². The Bertz CT molecular complexity index is 365. The standard InChI is InChI=1S/C9H13O.F6P/c1-4-9-5-7(2)10-8(3)6-9;1-7(2,3,4,5)6/h5-6H,4H2,1-3H3;/q+1;-1. The van der Waals surface area contributed by atoms with Crippen molar-refractivity contribution >= 4 is 7.81 Å². The van der Waals surface area contributed by atoms with Crippen molar-refractivity contribution in [3.63, 3.8) is 0 Å². The fraction of sp³-hybridized carbons (Fsp3) is 0.444. The summed E-state index contributed by atoms with van der Waals surface area (Å²) >= 11 is 0. The minimum atomic E-state index is -10.7. The molecule has 102 valence electrons. The summed E-state index contributed by atoms with van der Waals surface area (Å²) in [5.74, 6) is 1.99. The average molecular weight is 282 g/mol. The van der Waals surface area contributed by atoms with Crippen LogP contribution in [-0.2, 0) is 6.42 Å². The van der Waals surface area contributed by atoms with Gasteiger partial charge in [-0.15, -0.1) is 0 Å². The molecule has 1 nitrogen and oxygen atoms in total. The van der Waals surface area contributed by atoms with Gasteiger partial charge in [0.1, 0.15) is 0 Å². The third-order valence-electron chi connectivity index (χ3n) is 1.51. The fourth-order valence-electron chi connectivity index (χ4n) is 1.08. The van der Waals surface area contributed by atoms with Crippen LogP contribution in [-0.4, -0.2) is 0 Å². The number of aryl methyl sites for hydroxylation is 3. The summed E-state index contributed by atoms with van der Waals surface area (Å²) in [4.78, 5) is 0. The Hall–Kier alpha value is -0.840. The molecule has 1 heterocycles. The van der Waals surface area contributed by atoms with Crippen molar-refractivity contribution in [3.05, 3.63) is 29.2 Å². The van der Waals surface area contributed by atoms with E-state index in [1.807, 2.05) is 13.8 Å². The molecule has 17 heavy (non-hydrogen) atoms. The van der Waals surface area contributed by atoms with Crippen LogP contribution >= 0.6 is 7.81 Å². The monoisotopic (exact) mass is 282 g/mol. The van der Waals surface area contributed by atoms with Crippen LogP contribution in [0.1, 0.15) is 24.0 Å². The number of hydrogen-bond donors (Lipinski definition) is 0. The molecule has 0 fully saturated rings. The van der Waals surface area contributed by atoms with Gasteiger partial charge in [-0.05, 0) is 12.0 Å². The molecule has 0 N–H and O–H groups in total. The van der Waals surface area contributed by atoms with Crippen molar-refractivity contribution in [3.8, 4) is 0 Å². The second-order valence-electron chi connectivity index (χ2n) is 3.50. The second-order valence-corrected chi connectivity index (χ2v) is 5.42. The Balaban J connectivity index is 0.000000325. The maximum absolute atomic E-state index is 10.7. The first-order valence-corrected chi connectivity index (χ1v) is 6.67. The molecule has 1 rings (SSSR count). The molecule has 0 unspecified atom stereocenters. The molecule has 0 amide bonds. The first-order valence-electron chi connectivity index (χ1n) is 4.64. The summed E-state index contributed by atoms with van der Waals surface area (Å²) in [5.41, 5.74) is 1.35. The molecule has 0 aliphatic heterocycles. The summed E-state index contributed by atoms with van der Waals surface area (Å²) in [6.07, 6.45) is 1.08. The molecular formula is C9H13F6OP. The van der Waals surface area contributed by atoms with Gasteiger partial charge in [-0.25, -0.2) is 4.42 Å². The zero-order valence-corrected chi connectivity index (χ0v) is 10.4. The van der Waals surface area contributed by atoms with Crippen LogP contribution in [0.15, 0.2) is 16.5 Å². The van der Waals surface area contributed by atoms with Crippen LogP contribution in [0.3, 0.4) is 0 Å². The predicted molar refractivity (Wildman–Crippen MR) is 55.5 cm³/mol. The Kier molecular flexibility index (Phi) is 3.92. The molecule has 1 aromatic heterocycles. The predicted octanol–water partition coefficient (Wildman–Crippen LogP) is 6.12. The van der Waals surface area contributed by atoms with Crippen molar-refractivity contribution < 1.29 is 29.6 Å². The summed E-state index contributed by atoms with van der Waals surface area (Å²) in [6, 6.07) is 4.15. The van der Waals surface area contributed by atoms with Crippen LogP contribution < -0.4 is 0 Å². The van der Waals surface area contributed by atoms with Crippen molar-refractivity contribution in [1.82, 2.24) is 0 Å². The molecule has 0 bridgehead atoms. The summed E-state index contributed by atoms with van der Waals surface area (Å²) in [7, 11) is -10.7. The van der Waals surface area contributed by atoms with Crippen LogP contribution in [0.2, 0.25) is 0 Å². The second kappa shape index (κ2) is 4.12. The average Bonchev–Trinajstić information content (AvgIpc) is 1.96. The fourth-order valence-corrected chi connectivity index (χ4v) is 1.08. The molecule has 0 radical (unpaired) electrons. The van der Waals surface area contributed by atoms with E-state index in [9.17, 15) is 25.2 Å². The first-order chi connectivity index (χ1) is 7.17. The van der Waals surface area contributed by atoms with Gasteiger partial charge in [0.25, 0.3) is 0 Å². The Labute approximate surface area is 94.7 Å². The quantitative estimate of drug-likeness (QED) is 0.343. The van der Waals surface area contributed by atoms with Gasteiger partial charge in [-0.2, -0.15) is 0 Å². The van der Waals surface area contributed by atoms with Crippen molar-refractivity contribution in [2.45, 2.75) is 27.2 Å². The number of hydrogen-bond acceptors (Lipinski definition) is 0. The zero-order chi connectivity index (χ0) is 14.0. The normalized spacial score (nSPS) is 15.4. The first kappa shape index (κ1) is 16.2. The third-order valence-corrected chi connectivity index (χ3v) is 1.51. The summed E-state index contributed by atoms with van der Waals surface area (Å²) in [6.45, 7) is 6.10. The molecule has 0 aromatic carbocycles. The molecule has 0 atom stereocenters. The molecule has 0 spiro atoms. The van der Waals surface area contributed by atoms with E-state index in [0.717, 1.165) is 17.9 Å². The SMILES string of the molecule is CCc1cc(C)[o+]c(C)c1.F[P-](F)(F)(F)(F)F. The van der Waals surface area contributed by atoms with Crippen LogP contribution in [0.25, 0.3) is 0 Å². The molecule has 1 aromatic rings. The molecule has 0 saturated carbocycles. The van der Waals surface area contributed by atoms with E-state index in [1.165, 1.54) is 5.56 Å². The van der Waals surface area contributed by atoms with Crippen molar-refractivity contribution in [1.29, 1.82) is 0 Å². The van der Waals surface area contributed by atoms with E-state index < -0.39 is 7.81 Å². The third kappa shape index (κ3) is 15.2. The van der Waals surface area contributed by atoms with Gasteiger partial charge in [0.05, 0.1) is 13.8 Å². The molecule has 0 saturated heterocycles. The molecule has 0 aliphatic carbocycles. The maximum atomic E-state index is 9.87. The van der Waals surface area contributed by atoms with E-state index in [4.69, 9.17) is 4.42 Å². The Morgan fingerprint density at radius 3 is 1.47 bits per heavy atom. The molecular weight excluding hydrogens is 269 g/mol. The van der Waals surface area contributed by atoms with E-state index in [2.05, 4.69) is 19.1 Å². The van der Waals surface area contributed by atoms with Gasteiger partial charge >= 0.3 is 44.5 Å². The van der Waals surface area contributed by atoms with Crippen LogP contribution in [0.4, 0.5) is 25.2 Å². The van der Waals surface area contributed by atoms with Gasteiger partial charge in [0, 0.05) is 12.1 Å². The van der Waals surface area contributed by atoms with Gasteiger partial charge in [0.2, 0.25) is 0 Å². The van der Waals surface area contributed by atoms with Gasteiger partial charge in [0.15, 0.2) is 0 Å². The zero-order valence-electron chi connectivity index (χ0n) is 9.49. The van der Waals surface area contributed by atoms with Gasteiger partial charge in [-0.1, -0.05) is 6.92 Å². The van der Waals surface area contributed by atoms with Gasteiger partial charge in [-0.3, -0.25) is 0 Å². The minimum absolute atomic E-state index is 0.997. The van der Waals surface area contributed by atoms with Crippen molar-refractivity contribution in [2.75, 3.05) is 0 Å². The topological polar surface area (TPSA) is 11.3 Å².